The molecule has 0 bridgehead atoms. The van der Waals surface area contributed by atoms with E-state index in [0.717, 1.165) is 45.0 Å². The second-order valence-corrected chi connectivity index (χ2v) is 4.91. The van der Waals surface area contributed by atoms with E-state index in [1.165, 1.54) is 5.69 Å². The summed E-state index contributed by atoms with van der Waals surface area (Å²) in [7, 11) is 0. The third-order valence-corrected chi connectivity index (χ3v) is 3.59. The van der Waals surface area contributed by atoms with Crippen molar-refractivity contribution in [3.05, 3.63) is 23.8 Å². The number of nitrogens with zero attached hydrogens (tertiary/aromatic N) is 2. The van der Waals surface area contributed by atoms with Crippen molar-refractivity contribution in [3.63, 3.8) is 0 Å². The number of anilines is 2. The van der Waals surface area contributed by atoms with Crippen molar-refractivity contribution < 1.29 is 4.74 Å². The molecule has 0 radical (unpaired) electrons. The highest BCUT2D eigenvalue weighted by atomic mass is 16.5. The molecule has 0 aromatic heterocycles. The highest BCUT2D eigenvalue weighted by molar-refractivity contribution is 5.73. The van der Waals surface area contributed by atoms with Gasteiger partial charge in [-0.1, -0.05) is 0 Å². The smallest absolute Gasteiger partial charge is 0.0992 e. The number of fused-ring (bicyclic) bond motifs is 1. The van der Waals surface area contributed by atoms with Gasteiger partial charge in [-0.3, -0.25) is 0 Å². The minimum atomic E-state index is 0.246. The van der Waals surface area contributed by atoms with Gasteiger partial charge in [-0.25, -0.2) is 0 Å². The van der Waals surface area contributed by atoms with Crippen molar-refractivity contribution >= 4 is 11.4 Å². The number of nitriles is 1. The van der Waals surface area contributed by atoms with Crippen LogP contribution < -0.4 is 15.5 Å². The van der Waals surface area contributed by atoms with Crippen LogP contribution in [0.3, 0.4) is 0 Å². The van der Waals surface area contributed by atoms with Gasteiger partial charge in [-0.15, -0.1) is 0 Å². The molecule has 100 valence electrons. The molecule has 1 unspecified atom stereocenters. The van der Waals surface area contributed by atoms with Crippen molar-refractivity contribution in [2.45, 2.75) is 6.10 Å². The molecule has 2 aliphatic rings. The molecule has 0 spiro atoms. The zero-order valence-corrected chi connectivity index (χ0v) is 10.9. The highest BCUT2D eigenvalue weighted by Crippen LogP contribution is 2.30. The molecule has 5 heteroatoms. The second-order valence-electron chi connectivity index (χ2n) is 4.91. The summed E-state index contributed by atoms with van der Waals surface area (Å²) in [4.78, 5) is 2.34. The molecule has 0 amide bonds. The van der Waals surface area contributed by atoms with Gasteiger partial charge in [0.2, 0.25) is 0 Å². The Balaban J connectivity index is 1.76. The van der Waals surface area contributed by atoms with E-state index in [1.807, 2.05) is 18.2 Å². The molecule has 1 saturated heterocycles. The Kier molecular flexibility index (Phi) is 3.53. The number of hydrogen-bond acceptors (Lipinski definition) is 5. The molecule has 1 fully saturated rings. The zero-order chi connectivity index (χ0) is 13.1. The van der Waals surface area contributed by atoms with Gasteiger partial charge in [-0.2, -0.15) is 5.26 Å². The van der Waals surface area contributed by atoms with Crippen LogP contribution in [0.5, 0.6) is 0 Å². The van der Waals surface area contributed by atoms with E-state index in [-0.39, 0.29) is 6.10 Å². The number of benzene rings is 1. The summed E-state index contributed by atoms with van der Waals surface area (Å²) in [5.41, 5.74) is 2.91. The normalized spacial score (nSPS) is 22.3. The molecule has 0 saturated carbocycles. The Bertz CT molecular complexity index is 491. The van der Waals surface area contributed by atoms with E-state index in [1.54, 1.807) is 0 Å². The van der Waals surface area contributed by atoms with Crippen molar-refractivity contribution in [1.29, 1.82) is 5.26 Å². The first-order valence-electron chi connectivity index (χ1n) is 6.72. The molecule has 2 heterocycles. The summed E-state index contributed by atoms with van der Waals surface area (Å²) in [5.74, 6) is 0. The van der Waals surface area contributed by atoms with E-state index in [0.29, 0.717) is 5.56 Å². The van der Waals surface area contributed by atoms with Crippen LogP contribution in [0.15, 0.2) is 18.2 Å². The van der Waals surface area contributed by atoms with Crippen molar-refractivity contribution in [2.24, 2.45) is 0 Å². The molecule has 3 rings (SSSR count). The largest absolute Gasteiger partial charge is 0.382 e. The van der Waals surface area contributed by atoms with Crippen LogP contribution in [0, 0.1) is 11.3 Å². The van der Waals surface area contributed by atoms with Crippen LogP contribution in [-0.4, -0.2) is 45.4 Å². The minimum absolute atomic E-state index is 0.246. The summed E-state index contributed by atoms with van der Waals surface area (Å²) < 4.78 is 5.76. The van der Waals surface area contributed by atoms with Gasteiger partial charge in [0.15, 0.2) is 0 Å². The van der Waals surface area contributed by atoms with E-state index in [2.05, 4.69) is 21.6 Å². The number of hydrogen-bond donors (Lipinski definition) is 2. The van der Waals surface area contributed by atoms with E-state index in [9.17, 15) is 0 Å². The predicted octanol–water partition coefficient (Wildman–Crippen LogP) is 0.779. The average molecular weight is 258 g/mol. The quantitative estimate of drug-likeness (QED) is 0.821. The Morgan fingerprint density at radius 3 is 3.16 bits per heavy atom. The maximum Gasteiger partial charge on any atom is 0.0992 e. The maximum atomic E-state index is 8.95. The van der Waals surface area contributed by atoms with Crippen LogP contribution in [0.4, 0.5) is 11.4 Å². The summed E-state index contributed by atoms with van der Waals surface area (Å²) in [5, 5.41) is 15.7. The fourth-order valence-corrected chi connectivity index (χ4v) is 2.64. The number of morpholine rings is 1. The number of rotatable bonds is 2. The Morgan fingerprint density at radius 1 is 1.42 bits per heavy atom. The van der Waals surface area contributed by atoms with Gasteiger partial charge in [0.25, 0.3) is 0 Å². The molecule has 0 aliphatic carbocycles. The molecule has 1 atom stereocenters. The Hall–Kier alpha value is -1.77. The highest BCUT2D eigenvalue weighted by Gasteiger charge is 2.22. The van der Waals surface area contributed by atoms with E-state index < -0.39 is 0 Å². The fourth-order valence-electron chi connectivity index (χ4n) is 2.64. The Labute approximate surface area is 113 Å². The second kappa shape index (κ2) is 5.47. The van der Waals surface area contributed by atoms with Gasteiger partial charge in [0.05, 0.1) is 35.7 Å². The first-order chi connectivity index (χ1) is 9.36. The topological polar surface area (TPSA) is 60.3 Å². The van der Waals surface area contributed by atoms with E-state index >= 15 is 0 Å². The van der Waals surface area contributed by atoms with Crippen molar-refractivity contribution in [2.75, 3.05) is 49.5 Å². The van der Waals surface area contributed by atoms with Gasteiger partial charge in [0.1, 0.15) is 0 Å². The van der Waals surface area contributed by atoms with Crippen LogP contribution in [0.1, 0.15) is 5.56 Å². The third kappa shape index (κ3) is 2.65. The van der Waals surface area contributed by atoms with Gasteiger partial charge in [0, 0.05) is 32.7 Å². The Morgan fingerprint density at radius 2 is 2.37 bits per heavy atom. The molecule has 1 aromatic rings. The molecule has 19 heavy (non-hydrogen) atoms. The first kappa shape index (κ1) is 12.3. The number of nitrogens with one attached hydrogen (secondary N) is 2. The van der Waals surface area contributed by atoms with Gasteiger partial charge >= 0.3 is 0 Å². The lowest BCUT2D eigenvalue weighted by molar-refractivity contribution is 0.0334. The fraction of sp³-hybridized carbons (Fsp3) is 0.500. The lowest BCUT2D eigenvalue weighted by atomic mass is 10.1. The van der Waals surface area contributed by atoms with Crippen LogP contribution in [-0.2, 0) is 4.74 Å². The molecular formula is C14H18N4O. The molecule has 2 aliphatic heterocycles. The van der Waals surface area contributed by atoms with Crippen LogP contribution >= 0.6 is 0 Å². The van der Waals surface area contributed by atoms with Crippen LogP contribution in [0.25, 0.3) is 0 Å². The monoisotopic (exact) mass is 258 g/mol. The standard InChI is InChI=1S/C14H18N4O/c15-8-11-1-2-14-13(7-11)17-3-5-18(14)10-12-9-16-4-6-19-12/h1-2,7,12,16-17H,3-6,9-10H2. The average Bonchev–Trinajstić information content (AvgIpc) is 2.48. The molecule has 2 N–H and O–H groups in total. The predicted molar refractivity (Wildman–Crippen MR) is 74.5 cm³/mol. The van der Waals surface area contributed by atoms with Gasteiger partial charge < -0.3 is 20.3 Å². The van der Waals surface area contributed by atoms with E-state index in [4.69, 9.17) is 10.00 Å². The third-order valence-electron chi connectivity index (χ3n) is 3.59. The molecule has 1 aromatic carbocycles. The van der Waals surface area contributed by atoms with Gasteiger partial charge in [-0.05, 0) is 18.2 Å². The zero-order valence-electron chi connectivity index (χ0n) is 10.9. The summed E-state index contributed by atoms with van der Waals surface area (Å²) in [6, 6.07) is 8.00. The minimum Gasteiger partial charge on any atom is -0.382 e. The first-order valence-corrected chi connectivity index (χ1v) is 6.72. The maximum absolute atomic E-state index is 8.95. The van der Waals surface area contributed by atoms with Crippen molar-refractivity contribution in [3.8, 4) is 6.07 Å². The lowest BCUT2D eigenvalue weighted by Crippen LogP contribution is -2.47. The summed E-state index contributed by atoms with van der Waals surface area (Å²) in [6.45, 7) is 5.42. The summed E-state index contributed by atoms with van der Waals surface area (Å²) >= 11 is 0. The van der Waals surface area contributed by atoms with Crippen molar-refractivity contribution in [1.82, 2.24) is 5.32 Å². The number of ether oxygens (including phenoxy) is 1. The lowest BCUT2D eigenvalue weighted by Gasteiger charge is -2.36. The molecule has 5 nitrogen and oxygen atoms in total. The summed E-state index contributed by atoms with van der Waals surface area (Å²) in [6.07, 6.45) is 0.246. The van der Waals surface area contributed by atoms with Crippen LogP contribution in [0.2, 0.25) is 0 Å². The molecular weight excluding hydrogens is 240 g/mol. The SMILES string of the molecule is N#Cc1ccc2c(c1)NCCN2CC1CNCCO1.